The van der Waals surface area contributed by atoms with Crippen molar-refractivity contribution in [2.45, 2.75) is 26.7 Å². The second-order valence-electron chi connectivity index (χ2n) is 3.43. The maximum Gasteiger partial charge on any atom is 0.122 e. The zero-order valence-electron chi connectivity index (χ0n) is 9.21. The third kappa shape index (κ3) is 2.16. The highest BCUT2D eigenvalue weighted by molar-refractivity contribution is 5.41. The quantitative estimate of drug-likeness (QED) is 0.658. The van der Waals surface area contributed by atoms with E-state index in [-0.39, 0.29) is 0 Å². The van der Waals surface area contributed by atoms with Gasteiger partial charge in [0, 0.05) is 0 Å². The highest BCUT2D eigenvalue weighted by Crippen LogP contribution is 2.27. The number of rotatable bonds is 4. The molecule has 0 aromatic heterocycles. The molecule has 1 heteroatoms. The van der Waals surface area contributed by atoms with Crippen LogP contribution in [-0.4, -0.2) is 6.61 Å². The van der Waals surface area contributed by atoms with Crippen molar-refractivity contribution in [2.75, 3.05) is 6.61 Å². The Morgan fingerprint density at radius 2 is 2.21 bits per heavy atom. The van der Waals surface area contributed by atoms with Crippen LogP contribution in [0.5, 0.6) is 5.75 Å². The van der Waals surface area contributed by atoms with Crippen LogP contribution in [0.3, 0.4) is 0 Å². The minimum Gasteiger partial charge on any atom is -0.494 e. The SMILES string of the molecule is C=CC(C)c1cccc(OCC)c1C. The topological polar surface area (TPSA) is 9.23 Å². The lowest BCUT2D eigenvalue weighted by Gasteiger charge is -2.14. The summed E-state index contributed by atoms with van der Waals surface area (Å²) in [7, 11) is 0. The van der Waals surface area contributed by atoms with Crippen molar-refractivity contribution < 1.29 is 4.74 Å². The fraction of sp³-hybridized carbons (Fsp3) is 0.385. The van der Waals surface area contributed by atoms with Crippen LogP contribution in [0.25, 0.3) is 0 Å². The predicted octanol–water partition coefficient (Wildman–Crippen LogP) is 3.68. The Bertz CT molecular complexity index is 315. The van der Waals surface area contributed by atoms with E-state index in [1.54, 1.807) is 0 Å². The van der Waals surface area contributed by atoms with Crippen molar-refractivity contribution in [3.05, 3.63) is 42.0 Å². The lowest BCUT2D eigenvalue weighted by Crippen LogP contribution is -1.98. The fourth-order valence-electron chi connectivity index (χ4n) is 1.56. The minimum absolute atomic E-state index is 0.385. The van der Waals surface area contributed by atoms with Crippen molar-refractivity contribution in [1.82, 2.24) is 0 Å². The average Bonchev–Trinajstić information content (AvgIpc) is 2.20. The lowest BCUT2D eigenvalue weighted by atomic mass is 9.96. The van der Waals surface area contributed by atoms with Gasteiger partial charge in [0.1, 0.15) is 5.75 Å². The molecule has 0 radical (unpaired) electrons. The summed E-state index contributed by atoms with van der Waals surface area (Å²) in [5.41, 5.74) is 2.52. The van der Waals surface area contributed by atoms with Crippen LogP contribution < -0.4 is 4.74 Å². The largest absolute Gasteiger partial charge is 0.494 e. The highest BCUT2D eigenvalue weighted by Gasteiger charge is 2.08. The second-order valence-corrected chi connectivity index (χ2v) is 3.43. The Kier molecular flexibility index (Phi) is 3.75. The smallest absolute Gasteiger partial charge is 0.122 e. The van der Waals surface area contributed by atoms with Gasteiger partial charge in [-0.15, -0.1) is 6.58 Å². The van der Waals surface area contributed by atoms with Crippen LogP contribution >= 0.6 is 0 Å². The summed E-state index contributed by atoms with van der Waals surface area (Å²) < 4.78 is 5.54. The molecule has 1 nitrogen and oxygen atoms in total. The van der Waals surface area contributed by atoms with Crippen molar-refractivity contribution in [3.8, 4) is 5.75 Å². The lowest BCUT2D eigenvalue weighted by molar-refractivity contribution is 0.337. The third-order valence-corrected chi connectivity index (χ3v) is 2.47. The molecule has 76 valence electrons. The first-order valence-electron chi connectivity index (χ1n) is 5.05. The molecule has 0 N–H and O–H groups in total. The maximum atomic E-state index is 5.54. The molecule has 0 aliphatic heterocycles. The van der Waals surface area contributed by atoms with E-state index in [1.807, 2.05) is 25.1 Å². The van der Waals surface area contributed by atoms with Gasteiger partial charge in [-0.25, -0.2) is 0 Å². The zero-order chi connectivity index (χ0) is 10.6. The van der Waals surface area contributed by atoms with Gasteiger partial charge >= 0.3 is 0 Å². The summed E-state index contributed by atoms with van der Waals surface area (Å²) in [5.74, 6) is 1.37. The van der Waals surface area contributed by atoms with Crippen molar-refractivity contribution >= 4 is 0 Å². The third-order valence-electron chi connectivity index (χ3n) is 2.47. The first-order valence-corrected chi connectivity index (χ1v) is 5.05. The number of allylic oxidation sites excluding steroid dienone is 1. The van der Waals surface area contributed by atoms with Crippen LogP contribution in [-0.2, 0) is 0 Å². The van der Waals surface area contributed by atoms with E-state index in [1.165, 1.54) is 11.1 Å². The van der Waals surface area contributed by atoms with Gasteiger partial charge in [0.15, 0.2) is 0 Å². The van der Waals surface area contributed by atoms with Crippen LogP contribution in [0.15, 0.2) is 30.9 Å². The first-order chi connectivity index (χ1) is 6.70. The van der Waals surface area contributed by atoms with Crippen molar-refractivity contribution in [1.29, 1.82) is 0 Å². The second kappa shape index (κ2) is 4.85. The Morgan fingerprint density at radius 1 is 1.50 bits per heavy atom. The van der Waals surface area contributed by atoms with Crippen LogP contribution in [0.1, 0.15) is 30.9 Å². The number of hydrogen-bond donors (Lipinski definition) is 0. The summed E-state index contributed by atoms with van der Waals surface area (Å²) in [5, 5.41) is 0. The summed E-state index contributed by atoms with van der Waals surface area (Å²) in [6, 6.07) is 6.18. The molecular weight excluding hydrogens is 172 g/mol. The number of ether oxygens (including phenoxy) is 1. The van der Waals surface area contributed by atoms with Crippen LogP contribution in [0, 0.1) is 6.92 Å². The van der Waals surface area contributed by atoms with E-state index in [4.69, 9.17) is 4.74 Å². The number of hydrogen-bond acceptors (Lipinski definition) is 1. The predicted molar refractivity (Wildman–Crippen MR) is 61.0 cm³/mol. The van der Waals surface area contributed by atoms with Gasteiger partial charge in [-0.3, -0.25) is 0 Å². The van der Waals surface area contributed by atoms with Gasteiger partial charge in [0.25, 0.3) is 0 Å². The van der Waals surface area contributed by atoms with E-state index in [0.717, 1.165) is 5.75 Å². The molecule has 0 saturated carbocycles. The van der Waals surface area contributed by atoms with Gasteiger partial charge in [0.2, 0.25) is 0 Å². The van der Waals surface area contributed by atoms with Gasteiger partial charge < -0.3 is 4.74 Å². The van der Waals surface area contributed by atoms with Crippen molar-refractivity contribution in [2.24, 2.45) is 0 Å². The summed E-state index contributed by atoms with van der Waals surface area (Å²) >= 11 is 0. The highest BCUT2D eigenvalue weighted by atomic mass is 16.5. The van der Waals surface area contributed by atoms with E-state index in [9.17, 15) is 0 Å². The van der Waals surface area contributed by atoms with Crippen LogP contribution in [0.2, 0.25) is 0 Å². The van der Waals surface area contributed by atoms with E-state index < -0.39 is 0 Å². The molecule has 0 aliphatic carbocycles. The van der Waals surface area contributed by atoms with E-state index in [2.05, 4.69) is 26.5 Å². The molecule has 0 fully saturated rings. The molecule has 0 amide bonds. The molecule has 0 spiro atoms. The molecule has 1 aromatic rings. The molecule has 1 unspecified atom stereocenters. The van der Waals surface area contributed by atoms with Gasteiger partial charge in [-0.1, -0.05) is 25.1 Å². The van der Waals surface area contributed by atoms with E-state index in [0.29, 0.717) is 12.5 Å². The molecule has 0 bridgehead atoms. The average molecular weight is 190 g/mol. The summed E-state index contributed by atoms with van der Waals surface area (Å²) in [6.45, 7) is 10.8. The summed E-state index contributed by atoms with van der Waals surface area (Å²) in [4.78, 5) is 0. The Hall–Kier alpha value is -1.24. The van der Waals surface area contributed by atoms with E-state index >= 15 is 0 Å². The Balaban J connectivity index is 3.06. The molecule has 0 aliphatic rings. The standard InChI is InChI=1S/C13H18O/c1-5-10(3)12-8-7-9-13(11(12)4)14-6-2/h5,7-10H,1,6H2,2-4H3. The molecule has 0 saturated heterocycles. The Labute approximate surface area is 86.4 Å². The summed E-state index contributed by atoms with van der Waals surface area (Å²) in [6.07, 6.45) is 1.96. The zero-order valence-corrected chi connectivity index (χ0v) is 9.21. The maximum absolute atomic E-state index is 5.54. The molecule has 14 heavy (non-hydrogen) atoms. The normalized spacial score (nSPS) is 12.2. The van der Waals surface area contributed by atoms with Gasteiger partial charge in [-0.2, -0.15) is 0 Å². The monoisotopic (exact) mass is 190 g/mol. The molecule has 0 heterocycles. The van der Waals surface area contributed by atoms with Crippen molar-refractivity contribution in [3.63, 3.8) is 0 Å². The van der Waals surface area contributed by atoms with Crippen LogP contribution in [0.4, 0.5) is 0 Å². The first kappa shape index (κ1) is 10.8. The van der Waals surface area contributed by atoms with Gasteiger partial charge in [0.05, 0.1) is 6.61 Å². The number of benzene rings is 1. The molecule has 1 rings (SSSR count). The minimum atomic E-state index is 0.385. The molecular formula is C13H18O. The Morgan fingerprint density at radius 3 is 2.79 bits per heavy atom. The fourth-order valence-corrected chi connectivity index (χ4v) is 1.56. The molecule has 1 atom stereocenters. The van der Waals surface area contributed by atoms with Gasteiger partial charge in [-0.05, 0) is 37.0 Å². The molecule has 1 aromatic carbocycles.